The molecule has 0 saturated carbocycles. The molecule has 4 N–H and O–H groups in total. The smallest absolute Gasteiger partial charge is 0.133 e. The Labute approximate surface area is 82.0 Å². The molecule has 0 aliphatic carbocycles. The summed E-state index contributed by atoms with van der Waals surface area (Å²) in [5.74, 6) is 0.0315. The van der Waals surface area contributed by atoms with Gasteiger partial charge in [-0.1, -0.05) is 0 Å². The van der Waals surface area contributed by atoms with Crippen LogP contribution in [-0.2, 0) is 0 Å². The molecule has 0 saturated heterocycles. The highest BCUT2D eigenvalue weighted by Crippen LogP contribution is 2.16. The number of hydrogen-bond acceptors (Lipinski definition) is 5. The number of aliphatic hydroxyl groups is 2. The lowest BCUT2D eigenvalue weighted by atomic mass is 10.1. The molecule has 0 amide bonds. The summed E-state index contributed by atoms with van der Waals surface area (Å²) in [6.45, 7) is 0.281. The molecule has 5 nitrogen and oxygen atoms in total. The van der Waals surface area contributed by atoms with E-state index in [4.69, 9.17) is 5.11 Å². The van der Waals surface area contributed by atoms with Crippen LogP contribution in [0.15, 0.2) is 18.3 Å². The second-order valence-corrected chi connectivity index (χ2v) is 3.01. The normalized spacial score (nSPS) is 15.1. The third kappa shape index (κ3) is 2.66. The number of aliphatic hydroxyl groups excluding tert-OH is 2. The molecule has 1 rings (SSSR count). The van der Waals surface area contributed by atoms with E-state index in [0.29, 0.717) is 5.69 Å². The fourth-order valence-electron chi connectivity index (χ4n) is 1.09. The highest BCUT2D eigenvalue weighted by Gasteiger charge is 2.18. The van der Waals surface area contributed by atoms with E-state index in [1.54, 1.807) is 7.05 Å². The van der Waals surface area contributed by atoms with Crippen molar-refractivity contribution in [1.82, 2.24) is 10.3 Å². The zero-order valence-corrected chi connectivity index (χ0v) is 7.88. The van der Waals surface area contributed by atoms with Crippen molar-refractivity contribution in [2.24, 2.45) is 0 Å². The molecule has 2 unspecified atom stereocenters. The van der Waals surface area contributed by atoms with Crippen LogP contribution < -0.4 is 5.32 Å². The first-order chi connectivity index (χ1) is 6.65. The SMILES string of the molecule is CNCC(O)C(O)c1ccc(O)cn1. The minimum atomic E-state index is -1.04. The van der Waals surface area contributed by atoms with Gasteiger partial charge in [-0.15, -0.1) is 0 Å². The summed E-state index contributed by atoms with van der Waals surface area (Å²) >= 11 is 0. The van der Waals surface area contributed by atoms with Crippen LogP contribution in [0.4, 0.5) is 0 Å². The zero-order valence-electron chi connectivity index (χ0n) is 7.88. The molecule has 1 heterocycles. The van der Waals surface area contributed by atoms with Crippen LogP contribution in [-0.4, -0.2) is 40.0 Å². The molecule has 0 aliphatic heterocycles. The first kappa shape index (κ1) is 10.9. The summed E-state index contributed by atoms with van der Waals surface area (Å²) in [5, 5.41) is 30.7. The third-order valence-electron chi connectivity index (χ3n) is 1.85. The fourth-order valence-corrected chi connectivity index (χ4v) is 1.09. The average Bonchev–Trinajstić information content (AvgIpc) is 2.18. The maximum Gasteiger partial charge on any atom is 0.133 e. The molecule has 2 atom stereocenters. The highest BCUT2D eigenvalue weighted by atomic mass is 16.3. The van der Waals surface area contributed by atoms with Crippen LogP contribution in [0.3, 0.4) is 0 Å². The summed E-state index contributed by atoms with van der Waals surface area (Å²) in [7, 11) is 1.68. The van der Waals surface area contributed by atoms with Crippen LogP contribution in [0.25, 0.3) is 0 Å². The molecule has 0 fully saturated rings. The van der Waals surface area contributed by atoms with Crippen LogP contribution in [0, 0.1) is 0 Å². The Hall–Kier alpha value is -1.17. The van der Waals surface area contributed by atoms with Crippen LogP contribution in [0.1, 0.15) is 11.8 Å². The molecular formula is C9H14N2O3. The van der Waals surface area contributed by atoms with Gasteiger partial charge >= 0.3 is 0 Å². The van der Waals surface area contributed by atoms with Gasteiger partial charge < -0.3 is 20.6 Å². The summed E-state index contributed by atoms with van der Waals surface area (Å²) in [4.78, 5) is 3.79. The topological polar surface area (TPSA) is 85.6 Å². The van der Waals surface area contributed by atoms with Crippen molar-refractivity contribution in [1.29, 1.82) is 0 Å². The van der Waals surface area contributed by atoms with E-state index in [9.17, 15) is 10.2 Å². The van der Waals surface area contributed by atoms with Crippen molar-refractivity contribution in [2.75, 3.05) is 13.6 Å². The van der Waals surface area contributed by atoms with Gasteiger partial charge in [0.25, 0.3) is 0 Å². The second-order valence-electron chi connectivity index (χ2n) is 3.01. The van der Waals surface area contributed by atoms with Gasteiger partial charge in [0.1, 0.15) is 11.9 Å². The highest BCUT2D eigenvalue weighted by molar-refractivity contribution is 5.19. The summed E-state index contributed by atoms with van der Waals surface area (Å²) in [6, 6.07) is 2.89. The van der Waals surface area contributed by atoms with Gasteiger partial charge in [0.2, 0.25) is 0 Å². The number of nitrogens with one attached hydrogen (secondary N) is 1. The summed E-state index contributed by atoms with van der Waals surface area (Å²) in [5.41, 5.74) is 0.338. The van der Waals surface area contributed by atoms with E-state index >= 15 is 0 Å². The standard InChI is InChI=1S/C9H14N2O3/c1-10-5-8(13)9(14)7-3-2-6(12)4-11-7/h2-4,8-10,12-14H,5H2,1H3. The number of pyridine rings is 1. The van der Waals surface area contributed by atoms with Crippen molar-refractivity contribution in [2.45, 2.75) is 12.2 Å². The maximum absolute atomic E-state index is 9.58. The first-order valence-corrected chi connectivity index (χ1v) is 4.30. The van der Waals surface area contributed by atoms with E-state index in [2.05, 4.69) is 10.3 Å². The predicted molar refractivity (Wildman–Crippen MR) is 50.8 cm³/mol. The number of nitrogens with zero attached hydrogens (tertiary/aromatic N) is 1. The molecular weight excluding hydrogens is 184 g/mol. The van der Waals surface area contributed by atoms with Gasteiger partial charge in [0, 0.05) is 6.54 Å². The van der Waals surface area contributed by atoms with Crippen molar-refractivity contribution >= 4 is 0 Å². The molecule has 0 aromatic carbocycles. The van der Waals surface area contributed by atoms with Crippen molar-refractivity contribution in [3.05, 3.63) is 24.0 Å². The number of likely N-dealkylation sites (N-methyl/N-ethyl adjacent to an activating group) is 1. The maximum atomic E-state index is 9.58. The Kier molecular flexibility index (Phi) is 3.82. The van der Waals surface area contributed by atoms with E-state index in [-0.39, 0.29) is 12.3 Å². The van der Waals surface area contributed by atoms with Gasteiger partial charge in [-0.3, -0.25) is 4.98 Å². The van der Waals surface area contributed by atoms with Gasteiger partial charge in [0.05, 0.1) is 18.0 Å². The largest absolute Gasteiger partial charge is 0.506 e. The number of hydrogen-bond donors (Lipinski definition) is 4. The lowest BCUT2D eigenvalue weighted by molar-refractivity contribution is 0.0176. The van der Waals surface area contributed by atoms with Crippen molar-refractivity contribution in [3.8, 4) is 5.75 Å². The Balaban J connectivity index is 2.68. The Morgan fingerprint density at radius 2 is 2.14 bits per heavy atom. The van der Waals surface area contributed by atoms with E-state index in [1.807, 2.05) is 0 Å². The second kappa shape index (κ2) is 4.90. The minimum absolute atomic E-state index is 0.0315. The zero-order chi connectivity index (χ0) is 10.6. The molecule has 1 aromatic rings. The van der Waals surface area contributed by atoms with Gasteiger partial charge in [-0.2, -0.15) is 0 Å². The average molecular weight is 198 g/mol. The number of aromatic nitrogens is 1. The number of aromatic hydroxyl groups is 1. The Morgan fingerprint density at radius 3 is 2.64 bits per heavy atom. The predicted octanol–water partition coefficient (Wildman–Crippen LogP) is -0.599. The van der Waals surface area contributed by atoms with E-state index in [1.165, 1.54) is 18.3 Å². The molecule has 0 radical (unpaired) electrons. The minimum Gasteiger partial charge on any atom is -0.506 e. The molecule has 0 spiro atoms. The van der Waals surface area contributed by atoms with Crippen molar-refractivity contribution in [3.63, 3.8) is 0 Å². The lowest BCUT2D eigenvalue weighted by Crippen LogP contribution is -2.29. The van der Waals surface area contributed by atoms with Crippen LogP contribution in [0.2, 0.25) is 0 Å². The van der Waals surface area contributed by atoms with E-state index < -0.39 is 12.2 Å². The van der Waals surface area contributed by atoms with Gasteiger partial charge in [0.15, 0.2) is 0 Å². The monoisotopic (exact) mass is 198 g/mol. The molecule has 0 aliphatic rings. The third-order valence-corrected chi connectivity index (χ3v) is 1.85. The van der Waals surface area contributed by atoms with Gasteiger partial charge in [-0.05, 0) is 19.2 Å². The molecule has 0 bridgehead atoms. The fraction of sp³-hybridized carbons (Fsp3) is 0.444. The van der Waals surface area contributed by atoms with E-state index in [0.717, 1.165) is 0 Å². The summed E-state index contributed by atoms with van der Waals surface area (Å²) < 4.78 is 0. The molecule has 5 heteroatoms. The quantitative estimate of drug-likeness (QED) is 0.519. The molecule has 14 heavy (non-hydrogen) atoms. The van der Waals surface area contributed by atoms with Crippen LogP contribution in [0.5, 0.6) is 5.75 Å². The Morgan fingerprint density at radius 1 is 1.43 bits per heavy atom. The lowest BCUT2D eigenvalue weighted by Gasteiger charge is -2.16. The summed E-state index contributed by atoms with van der Waals surface area (Å²) in [6.07, 6.45) is -0.718. The van der Waals surface area contributed by atoms with Crippen molar-refractivity contribution < 1.29 is 15.3 Å². The first-order valence-electron chi connectivity index (χ1n) is 4.30. The van der Waals surface area contributed by atoms with Gasteiger partial charge in [-0.25, -0.2) is 0 Å². The molecule has 78 valence electrons. The Bertz CT molecular complexity index is 276. The van der Waals surface area contributed by atoms with Crippen LogP contribution >= 0.6 is 0 Å². The molecule has 1 aromatic heterocycles. The number of rotatable bonds is 4.